The SMILES string of the molecule is CS(=O)(=O)C1Cc2nc(C(=O)N3CCN(S(=O)(=O)c4cc5cc(Cl)ccc5[nH]4)CC3CCN3CCCCC3)sc2CN1. The van der Waals surface area contributed by atoms with Crippen LogP contribution in [0.2, 0.25) is 5.02 Å². The highest BCUT2D eigenvalue weighted by Crippen LogP contribution is 2.30. The van der Waals surface area contributed by atoms with Gasteiger partial charge in [0.15, 0.2) is 14.8 Å². The number of likely N-dealkylation sites (tertiary alicyclic amines) is 1. The van der Waals surface area contributed by atoms with E-state index in [0.29, 0.717) is 34.2 Å². The number of thiazole rings is 1. The van der Waals surface area contributed by atoms with Gasteiger partial charge in [-0.15, -0.1) is 11.3 Å². The van der Waals surface area contributed by atoms with Crippen LogP contribution in [-0.4, -0.2) is 104 Å². The molecule has 3 aliphatic heterocycles. The zero-order chi connectivity index (χ0) is 29.6. The number of fused-ring (bicyclic) bond motifs is 2. The number of piperazine rings is 1. The Morgan fingerprint density at radius 1 is 1.10 bits per heavy atom. The average Bonchev–Trinajstić information content (AvgIpc) is 3.60. The Morgan fingerprint density at radius 3 is 2.64 bits per heavy atom. The summed E-state index contributed by atoms with van der Waals surface area (Å²) in [6.07, 6.45) is 5.56. The smallest absolute Gasteiger partial charge is 0.283 e. The lowest BCUT2D eigenvalue weighted by atomic mass is 10.1. The molecule has 1 amide bonds. The van der Waals surface area contributed by atoms with Crippen LogP contribution in [0.25, 0.3) is 10.9 Å². The minimum atomic E-state index is -3.84. The number of benzene rings is 1. The second-order valence-corrected chi connectivity index (χ2v) is 17.0. The van der Waals surface area contributed by atoms with E-state index in [9.17, 15) is 21.6 Å². The molecule has 0 radical (unpaired) electrons. The molecule has 2 saturated heterocycles. The highest BCUT2D eigenvalue weighted by molar-refractivity contribution is 7.91. The Kier molecular flexibility index (Phi) is 8.41. The highest BCUT2D eigenvalue weighted by Gasteiger charge is 2.39. The van der Waals surface area contributed by atoms with E-state index in [0.717, 1.165) is 42.7 Å². The van der Waals surface area contributed by atoms with Gasteiger partial charge in [-0.1, -0.05) is 18.0 Å². The number of nitrogens with one attached hydrogen (secondary N) is 2. The van der Waals surface area contributed by atoms with Crippen molar-refractivity contribution < 1.29 is 21.6 Å². The first-order chi connectivity index (χ1) is 20.0. The van der Waals surface area contributed by atoms with E-state index in [1.807, 2.05) is 0 Å². The maximum atomic E-state index is 13.9. The fourth-order valence-electron chi connectivity index (χ4n) is 6.08. The molecule has 3 aliphatic rings. The quantitative estimate of drug-likeness (QED) is 0.397. The lowest BCUT2D eigenvalue weighted by molar-refractivity contribution is 0.0525. The van der Waals surface area contributed by atoms with Gasteiger partial charge in [0, 0.05) is 72.2 Å². The second kappa shape index (κ2) is 11.8. The van der Waals surface area contributed by atoms with E-state index in [1.165, 1.54) is 28.3 Å². The van der Waals surface area contributed by atoms with Crippen molar-refractivity contribution >= 4 is 59.6 Å². The fourth-order valence-corrected chi connectivity index (χ4v) is 9.59. The summed E-state index contributed by atoms with van der Waals surface area (Å²) in [6, 6.07) is 6.48. The molecule has 15 heteroatoms. The topological polar surface area (TPSA) is 136 Å². The van der Waals surface area contributed by atoms with Gasteiger partial charge in [-0.3, -0.25) is 10.1 Å². The maximum Gasteiger partial charge on any atom is 0.283 e. The van der Waals surface area contributed by atoms with Gasteiger partial charge in [0.1, 0.15) is 10.4 Å². The summed E-state index contributed by atoms with van der Waals surface area (Å²) in [5, 5.41) is 3.99. The number of carbonyl (C=O) groups is 1. The van der Waals surface area contributed by atoms with Gasteiger partial charge < -0.3 is 14.8 Å². The number of nitrogens with zero attached hydrogens (tertiary/aromatic N) is 4. The number of sulfonamides is 1. The highest BCUT2D eigenvalue weighted by atomic mass is 35.5. The van der Waals surface area contributed by atoms with Crippen molar-refractivity contribution in [2.24, 2.45) is 0 Å². The van der Waals surface area contributed by atoms with E-state index in [4.69, 9.17) is 11.6 Å². The van der Waals surface area contributed by atoms with E-state index in [-0.39, 0.29) is 43.0 Å². The molecule has 2 unspecified atom stereocenters. The van der Waals surface area contributed by atoms with Gasteiger partial charge in [0.05, 0.1) is 5.69 Å². The molecule has 2 fully saturated rings. The Balaban J connectivity index is 1.23. The zero-order valence-electron chi connectivity index (χ0n) is 23.4. The van der Waals surface area contributed by atoms with E-state index >= 15 is 0 Å². The van der Waals surface area contributed by atoms with Crippen molar-refractivity contribution in [3.8, 4) is 0 Å². The zero-order valence-corrected chi connectivity index (χ0v) is 26.6. The first-order valence-electron chi connectivity index (χ1n) is 14.2. The molecule has 228 valence electrons. The largest absolute Gasteiger partial charge is 0.345 e. The number of hydrogen-bond donors (Lipinski definition) is 2. The molecule has 5 heterocycles. The predicted molar refractivity (Wildman–Crippen MR) is 163 cm³/mol. The van der Waals surface area contributed by atoms with Crippen LogP contribution in [0.15, 0.2) is 29.3 Å². The summed E-state index contributed by atoms with van der Waals surface area (Å²) in [5.41, 5.74) is 1.33. The van der Waals surface area contributed by atoms with Gasteiger partial charge in [0.2, 0.25) is 0 Å². The summed E-state index contributed by atoms with van der Waals surface area (Å²) in [5.74, 6) is -0.230. The summed E-state index contributed by atoms with van der Waals surface area (Å²) < 4.78 is 53.2. The molecule has 0 saturated carbocycles. The van der Waals surface area contributed by atoms with Crippen LogP contribution in [0.3, 0.4) is 0 Å². The molecule has 2 N–H and O–H groups in total. The predicted octanol–water partition coefficient (Wildman–Crippen LogP) is 2.69. The molecule has 3 aromatic rings. The van der Waals surface area contributed by atoms with Crippen LogP contribution in [-0.2, 0) is 32.8 Å². The third kappa shape index (κ3) is 6.12. The number of aromatic amines is 1. The lowest BCUT2D eigenvalue weighted by Crippen LogP contribution is -2.57. The first kappa shape index (κ1) is 30.0. The number of piperidine rings is 1. The molecule has 0 bridgehead atoms. The Bertz CT molecular complexity index is 1700. The standard InChI is InChI=1S/C27H35ClN6O5S3/c1-41(36,37)24-15-22-23(16-29-24)40-26(31-22)27(35)34-12-11-33(17-20(34)7-10-32-8-3-2-4-9-32)42(38,39)25-14-18-13-19(28)5-6-21(18)30-25/h5-6,13-14,20,24,29-30H,2-4,7-12,15-17H2,1H3. The number of aromatic nitrogens is 2. The van der Waals surface area contributed by atoms with Gasteiger partial charge in [0.25, 0.3) is 15.9 Å². The molecule has 42 heavy (non-hydrogen) atoms. The Hall–Kier alpha value is -2.07. The normalized spacial score (nSPS) is 22.9. The number of rotatable bonds is 7. The lowest BCUT2D eigenvalue weighted by Gasteiger charge is -2.41. The van der Waals surface area contributed by atoms with Gasteiger partial charge in [-0.05, 0) is 56.6 Å². The van der Waals surface area contributed by atoms with Crippen LogP contribution in [0, 0.1) is 0 Å². The third-order valence-corrected chi connectivity index (χ3v) is 12.9. The third-order valence-electron chi connectivity index (χ3n) is 8.46. The molecule has 11 nitrogen and oxygen atoms in total. The Labute approximate surface area is 255 Å². The van der Waals surface area contributed by atoms with E-state index in [2.05, 4.69) is 20.2 Å². The van der Waals surface area contributed by atoms with Crippen molar-refractivity contribution in [2.75, 3.05) is 45.5 Å². The maximum absolute atomic E-state index is 13.9. The van der Waals surface area contributed by atoms with Crippen molar-refractivity contribution in [1.29, 1.82) is 0 Å². The number of H-pyrrole nitrogens is 1. The minimum absolute atomic E-state index is 0.106. The van der Waals surface area contributed by atoms with Gasteiger partial charge in [-0.25, -0.2) is 21.8 Å². The van der Waals surface area contributed by atoms with Crippen LogP contribution in [0.4, 0.5) is 0 Å². The average molecular weight is 655 g/mol. The number of halogens is 1. The summed E-state index contributed by atoms with van der Waals surface area (Å²) in [4.78, 5) is 26.5. The molecule has 0 spiro atoms. The minimum Gasteiger partial charge on any atom is -0.345 e. The number of hydrogen-bond acceptors (Lipinski definition) is 9. The van der Waals surface area contributed by atoms with Crippen molar-refractivity contribution in [3.63, 3.8) is 0 Å². The summed E-state index contributed by atoms with van der Waals surface area (Å²) in [7, 11) is -7.14. The van der Waals surface area contributed by atoms with Crippen molar-refractivity contribution in [1.82, 2.24) is 29.4 Å². The second-order valence-electron chi connectivity index (χ2n) is 11.4. The number of sulfone groups is 1. The van der Waals surface area contributed by atoms with Crippen LogP contribution < -0.4 is 5.32 Å². The Morgan fingerprint density at radius 2 is 1.88 bits per heavy atom. The van der Waals surface area contributed by atoms with E-state index in [1.54, 1.807) is 29.2 Å². The first-order valence-corrected chi connectivity index (χ1v) is 18.8. The number of carbonyl (C=O) groups excluding carboxylic acids is 1. The van der Waals surface area contributed by atoms with Crippen molar-refractivity contribution in [3.05, 3.63) is 44.9 Å². The molecule has 2 atom stereocenters. The summed E-state index contributed by atoms with van der Waals surface area (Å²) >= 11 is 7.40. The monoisotopic (exact) mass is 654 g/mol. The fraction of sp³-hybridized carbons (Fsp3) is 0.556. The van der Waals surface area contributed by atoms with Gasteiger partial charge in [-0.2, -0.15) is 4.31 Å². The van der Waals surface area contributed by atoms with Crippen LogP contribution in [0.1, 0.15) is 46.1 Å². The molecule has 0 aliphatic carbocycles. The molecule has 6 rings (SSSR count). The molecule has 2 aromatic heterocycles. The summed E-state index contributed by atoms with van der Waals surface area (Å²) in [6.45, 7) is 3.72. The van der Waals surface area contributed by atoms with Gasteiger partial charge >= 0.3 is 0 Å². The molecular formula is C27H35ClN6O5S3. The van der Waals surface area contributed by atoms with Crippen molar-refractivity contribution in [2.45, 2.75) is 55.1 Å². The molecule has 1 aromatic carbocycles. The number of amides is 1. The molecular weight excluding hydrogens is 620 g/mol. The van der Waals surface area contributed by atoms with Crippen LogP contribution >= 0.6 is 22.9 Å². The van der Waals surface area contributed by atoms with E-state index < -0.39 is 25.2 Å². The van der Waals surface area contributed by atoms with Crippen LogP contribution in [0.5, 0.6) is 0 Å².